The maximum absolute atomic E-state index is 14.5. The molecule has 3 rings (SSSR count). The number of amides is 6. The van der Waals surface area contributed by atoms with Crippen molar-refractivity contribution in [3.63, 3.8) is 0 Å². The summed E-state index contributed by atoms with van der Waals surface area (Å²) >= 11 is 0. The van der Waals surface area contributed by atoms with Gasteiger partial charge in [-0.1, -0.05) is 70.2 Å². The van der Waals surface area contributed by atoms with Crippen molar-refractivity contribution >= 4 is 41.6 Å². The number of carbonyl (C=O) groups excluding carboxylic acids is 6. The van der Waals surface area contributed by atoms with E-state index in [1.165, 1.54) is 17.0 Å². The number of nitrogens with one attached hydrogen (secondary N) is 5. The first-order chi connectivity index (χ1) is 28.7. The first-order valence-electron chi connectivity index (χ1n) is 20.9. The first kappa shape index (κ1) is 49.7. The van der Waals surface area contributed by atoms with Gasteiger partial charge in [-0.05, 0) is 94.5 Å². The largest absolute Gasteiger partial charge is 0.508 e. The molecule has 0 spiro atoms. The maximum atomic E-state index is 14.5. The van der Waals surface area contributed by atoms with Gasteiger partial charge in [0.15, 0.2) is 0 Å². The number of benzene rings is 2. The number of likely N-dealkylation sites (tertiary alicyclic amines) is 1. The molecule has 9 N–H and O–H groups in total. The average Bonchev–Trinajstić information content (AvgIpc) is 3.68. The summed E-state index contributed by atoms with van der Waals surface area (Å²) in [7, 11) is 0. The van der Waals surface area contributed by atoms with Crippen molar-refractivity contribution in [2.45, 2.75) is 135 Å². The van der Waals surface area contributed by atoms with E-state index in [0.29, 0.717) is 18.4 Å². The minimum absolute atomic E-state index is 0.0126. The summed E-state index contributed by atoms with van der Waals surface area (Å²) in [5.74, 6) is -4.99. The molecule has 1 aliphatic heterocycles. The lowest BCUT2D eigenvalue weighted by Gasteiger charge is -2.31. The lowest BCUT2D eigenvalue weighted by atomic mass is 9.99. The second-order valence-electron chi connectivity index (χ2n) is 17.3. The first-order valence-corrected chi connectivity index (χ1v) is 20.9. The van der Waals surface area contributed by atoms with Gasteiger partial charge in [0, 0.05) is 19.4 Å². The van der Waals surface area contributed by atoms with E-state index >= 15 is 0 Å². The van der Waals surface area contributed by atoms with Gasteiger partial charge in [-0.15, -0.1) is 0 Å². The predicted molar refractivity (Wildman–Crippen MR) is 228 cm³/mol. The van der Waals surface area contributed by atoms with E-state index in [0.717, 1.165) is 5.56 Å². The van der Waals surface area contributed by atoms with Gasteiger partial charge >= 0.3 is 12.1 Å². The molecule has 2 aromatic rings. The number of ether oxygens (including phenoxy) is 1. The van der Waals surface area contributed by atoms with Gasteiger partial charge in [-0.2, -0.15) is 0 Å². The Morgan fingerprint density at radius 1 is 0.770 bits per heavy atom. The molecule has 0 saturated carbocycles. The zero-order chi connectivity index (χ0) is 45.4. The number of hydrogen-bond donors (Lipinski definition) is 8. The Morgan fingerprint density at radius 3 is 1.93 bits per heavy atom. The van der Waals surface area contributed by atoms with Crippen molar-refractivity contribution in [1.29, 1.82) is 0 Å². The fourth-order valence-corrected chi connectivity index (χ4v) is 6.95. The Kier molecular flexibility index (Phi) is 19.0. The quantitative estimate of drug-likeness (QED) is 0.0906. The molecule has 0 radical (unpaired) electrons. The monoisotopic (exact) mass is 851 g/mol. The number of aliphatic carboxylic acids is 1. The molecule has 0 bridgehead atoms. The number of nitrogens with zero attached hydrogens (tertiary/aromatic N) is 1. The number of aromatic hydroxyl groups is 1. The van der Waals surface area contributed by atoms with Crippen LogP contribution in [0.1, 0.15) is 91.7 Å². The third-order valence-corrected chi connectivity index (χ3v) is 10.0. The zero-order valence-electron chi connectivity index (χ0n) is 36.4. The van der Waals surface area contributed by atoms with Gasteiger partial charge in [-0.3, -0.25) is 24.0 Å². The number of nitrogens with two attached hydrogens (primary N) is 1. The molecule has 6 amide bonds. The fraction of sp³-hybridized carbons (Fsp3) is 0.568. The van der Waals surface area contributed by atoms with E-state index in [1.54, 1.807) is 58.9 Å². The normalized spacial score (nSPS) is 16.4. The lowest BCUT2D eigenvalue weighted by molar-refractivity contribution is -0.143. The van der Waals surface area contributed by atoms with Crippen LogP contribution in [0.3, 0.4) is 0 Å². The standard InChI is InChI=1S/C44H65N7O10/c1-26(2)23-32(49-43(60)61-44(5,6)7)37(53)48-34(25-28-13-9-8-10-14-28)41(57)51-22-12-16-35(51)39(55)47-33(24-29-17-19-30(52)20-18-29)38(54)50-36(27(3)4)40(56)46-31(42(58)59)15-11-21-45/h8-10,13-14,17-20,26-27,31-36,52H,11-12,15-16,21-25,45H2,1-7H3,(H,46,56)(H,47,55)(H,48,53)(H,49,60)(H,50,54)(H,58,59)/t31-,32-,33+,34+,35-,36-/m0/s1. The van der Waals surface area contributed by atoms with Gasteiger partial charge in [0.05, 0.1) is 0 Å². The van der Waals surface area contributed by atoms with Gasteiger partial charge in [-0.25, -0.2) is 9.59 Å². The van der Waals surface area contributed by atoms with E-state index in [1.807, 2.05) is 32.0 Å². The average molecular weight is 852 g/mol. The van der Waals surface area contributed by atoms with Crippen LogP contribution in [0.5, 0.6) is 5.75 Å². The number of carboxylic acid groups (broad SMARTS) is 1. The van der Waals surface area contributed by atoms with Crippen LogP contribution >= 0.6 is 0 Å². The van der Waals surface area contributed by atoms with Crippen molar-refractivity contribution in [1.82, 2.24) is 31.5 Å². The highest BCUT2D eigenvalue weighted by Gasteiger charge is 2.40. The van der Waals surface area contributed by atoms with Crippen LogP contribution in [0.15, 0.2) is 54.6 Å². The molecule has 6 atom stereocenters. The molecule has 336 valence electrons. The Morgan fingerprint density at radius 2 is 1.36 bits per heavy atom. The predicted octanol–water partition coefficient (Wildman–Crippen LogP) is 2.53. The summed E-state index contributed by atoms with van der Waals surface area (Å²) in [5, 5.41) is 33.0. The molecule has 2 aromatic carbocycles. The highest BCUT2D eigenvalue weighted by molar-refractivity contribution is 5.97. The fourth-order valence-electron chi connectivity index (χ4n) is 6.95. The van der Waals surface area contributed by atoms with Crippen LogP contribution in [0.4, 0.5) is 4.79 Å². The highest BCUT2D eigenvalue weighted by atomic mass is 16.6. The molecule has 1 heterocycles. The topological polar surface area (TPSA) is 259 Å². The molecule has 1 saturated heterocycles. The third kappa shape index (κ3) is 16.3. The zero-order valence-corrected chi connectivity index (χ0v) is 36.4. The number of rotatable bonds is 21. The SMILES string of the molecule is CC(C)C[C@H](NC(=O)OC(C)(C)C)C(=O)N[C@H](Cc1ccccc1)C(=O)N1CCC[C@H]1C(=O)N[C@H](Cc1ccc(O)cc1)C(=O)N[C@H](C(=O)N[C@@H](CCCN)C(=O)O)C(C)C. The number of carboxylic acids is 1. The maximum Gasteiger partial charge on any atom is 0.408 e. The minimum Gasteiger partial charge on any atom is -0.508 e. The molecule has 0 aromatic heterocycles. The van der Waals surface area contributed by atoms with Crippen LogP contribution in [0.2, 0.25) is 0 Å². The van der Waals surface area contributed by atoms with Crippen LogP contribution in [-0.2, 0) is 46.3 Å². The third-order valence-electron chi connectivity index (χ3n) is 10.0. The molecule has 0 unspecified atom stereocenters. The molecule has 0 aliphatic carbocycles. The second kappa shape index (κ2) is 23.3. The summed E-state index contributed by atoms with van der Waals surface area (Å²) < 4.78 is 5.41. The Labute approximate surface area is 358 Å². The van der Waals surface area contributed by atoms with Crippen molar-refractivity contribution < 1.29 is 48.5 Å². The van der Waals surface area contributed by atoms with Gasteiger partial charge in [0.2, 0.25) is 29.5 Å². The summed E-state index contributed by atoms with van der Waals surface area (Å²) in [6, 6.07) is 8.17. The second-order valence-corrected chi connectivity index (χ2v) is 17.3. The molecular formula is C44H65N7O10. The van der Waals surface area contributed by atoms with Crippen molar-refractivity contribution in [3.8, 4) is 5.75 Å². The Hall–Kier alpha value is -5.71. The molecular weight excluding hydrogens is 787 g/mol. The smallest absolute Gasteiger partial charge is 0.408 e. The summed E-state index contributed by atoms with van der Waals surface area (Å²) in [6.45, 7) is 12.7. The van der Waals surface area contributed by atoms with Crippen LogP contribution in [0, 0.1) is 11.8 Å². The van der Waals surface area contributed by atoms with Crippen LogP contribution in [0.25, 0.3) is 0 Å². The van der Waals surface area contributed by atoms with Crippen molar-refractivity contribution in [2.75, 3.05) is 13.1 Å². The Balaban J connectivity index is 1.90. The van der Waals surface area contributed by atoms with Crippen molar-refractivity contribution in [2.24, 2.45) is 17.6 Å². The summed E-state index contributed by atoms with van der Waals surface area (Å²) in [4.78, 5) is 96.1. The molecule has 17 heteroatoms. The Bertz CT molecular complexity index is 1800. The number of carbonyl (C=O) groups is 7. The number of phenols is 1. The van der Waals surface area contributed by atoms with E-state index in [2.05, 4.69) is 26.6 Å². The molecule has 17 nitrogen and oxygen atoms in total. The van der Waals surface area contributed by atoms with E-state index in [4.69, 9.17) is 10.5 Å². The van der Waals surface area contributed by atoms with Crippen LogP contribution < -0.4 is 32.3 Å². The van der Waals surface area contributed by atoms with E-state index in [9.17, 15) is 43.8 Å². The number of phenolic OH excluding ortho intramolecular Hbond substituents is 1. The summed E-state index contributed by atoms with van der Waals surface area (Å²) in [6.07, 6.45) is 0.627. The molecule has 61 heavy (non-hydrogen) atoms. The summed E-state index contributed by atoms with van der Waals surface area (Å²) in [5.41, 5.74) is 6.04. The molecule has 1 fully saturated rings. The number of alkyl carbamates (subject to hydrolysis) is 1. The van der Waals surface area contributed by atoms with E-state index in [-0.39, 0.29) is 56.9 Å². The van der Waals surface area contributed by atoms with Gasteiger partial charge < -0.3 is 52.2 Å². The number of hydrogen-bond acceptors (Lipinski definition) is 10. The van der Waals surface area contributed by atoms with Gasteiger partial charge in [0.25, 0.3) is 0 Å². The minimum atomic E-state index is -1.27. The highest BCUT2D eigenvalue weighted by Crippen LogP contribution is 2.21. The lowest BCUT2D eigenvalue weighted by Crippen LogP contribution is -2.60. The van der Waals surface area contributed by atoms with Crippen LogP contribution in [-0.4, -0.2) is 112 Å². The molecule has 1 aliphatic rings. The van der Waals surface area contributed by atoms with Crippen molar-refractivity contribution in [3.05, 3.63) is 65.7 Å². The van der Waals surface area contributed by atoms with Gasteiger partial charge in [0.1, 0.15) is 47.6 Å². The van der Waals surface area contributed by atoms with E-state index < -0.39 is 89.4 Å².